The standard InChI is InChI=1S/C37H49N5O7/c1-8-22(6)31-34(44)40-30(21(4)5)33(43)39-28(36(46)48-7)17-25-18-38-27-16-24(14-15-26(25)27)29(20(2)3)32(35(45)41-31)42-37(47)49-19-23-12-10-9-11-13-23/h9-16,18,20-22,28-32,38H,8,17,19H2,1-7H3,(H,39,43)(H,40,44)(H,41,45)(H,42,47)/t22?,28-,29+,30-,31-,32-/m0/s1. The molecule has 3 heterocycles. The van der Waals surface area contributed by atoms with E-state index in [9.17, 15) is 24.0 Å². The van der Waals surface area contributed by atoms with Crippen molar-refractivity contribution in [1.82, 2.24) is 26.3 Å². The van der Waals surface area contributed by atoms with E-state index in [0.717, 1.165) is 27.6 Å². The molecule has 2 aromatic carbocycles. The maximum absolute atomic E-state index is 14.3. The lowest BCUT2D eigenvalue weighted by Crippen LogP contribution is -2.61. The van der Waals surface area contributed by atoms with Crippen LogP contribution in [0.3, 0.4) is 0 Å². The number of esters is 1. The number of carbonyl (C=O) groups excluding carboxylic acids is 5. The van der Waals surface area contributed by atoms with Gasteiger partial charge in [0.05, 0.1) is 7.11 Å². The van der Waals surface area contributed by atoms with E-state index < -0.39 is 59.9 Å². The molecule has 2 aliphatic rings. The number of methoxy groups -OCH3 is 1. The van der Waals surface area contributed by atoms with E-state index in [1.54, 1.807) is 20.0 Å². The fraction of sp³-hybridized carbons (Fsp3) is 0.486. The highest BCUT2D eigenvalue weighted by atomic mass is 16.5. The highest BCUT2D eigenvalue weighted by Gasteiger charge is 2.39. The van der Waals surface area contributed by atoms with E-state index in [1.165, 1.54) is 7.11 Å². The van der Waals surface area contributed by atoms with Crippen LogP contribution in [0.2, 0.25) is 0 Å². The summed E-state index contributed by atoms with van der Waals surface area (Å²) < 4.78 is 10.6. The highest BCUT2D eigenvalue weighted by molar-refractivity contribution is 5.96. The summed E-state index contributed by atoms with van der Waals surface area (Å²) in [4.78, 5) is 71.4. The zero-order valence-electron chi connectivity index (χ0n) is 29.3. The topological polar surface area (TPSA) is 168 Å². The number of H-pyrrole nitrogens is 1. The van der Waals surface area contributed by atoms with Crippen LogP contribution >= 0.6 is 0 Å². The molecule has 12 nitrogen and oxygen atoms in total. The smallest absolute Gasteiger partial charge is 0.408 e. The van der Waals surface area contributed by atoms with Crippen LogP contribution in [0.4, 0.5) is 4.79 Å². The number of ether oxygens (including phenoxy) is 2. The number of carbonyl (C=O) groups is 5. The molecule has 6 atom stereocenters. The average molecular weight is 676 g/mol. The molecule has 0 saturated heterocycles. The molecule has 0 saturated carbocycles. The van der Waals surface area contributed by atoms with E-state index in [1.807, 2.05) is 76.2 Å². The molecular formula is C37H49N5O7. The van der Waals surface area contributed by atoms with Gasteiger partial charge in [0.1, 0.15) is 30.8 Å². The maximum atomic E-state index is 14.3. The monoisotopic (exact) mass is 675 g/mol. The van der Waals surface area contributed by atoms with Gasteiger partial charge in [-0.15, -0.1) is 0 Å². The Bertz CT molecular complexity index is 1640. The van der Waals surface area contributed by atoms with Gasteiger partial charge in [0.2, 0.25) is 17.7 Å². The molecule has 49 heavy (non-hydrogen) atoms. The fourth-order valence-corrected chi connectivity index (χ4v) is 6.29. The Hall–Kier alpha value is -4.87. The Labute approximate surface area is 287 Å². The van der Waals surface area contributed by atoms with E-state index in [4.69, 9.17) is 9.47 Å². The molecule has 12 heteroatoms. The molecule has 2 aliphatic heterocycles. The third-order valence-electron chi connectivity index (χ3n) is 9.29. The van der Waals surface area contributed by atoms with Gasteiger partial charge in [-0.05, 0) is 40.5 Å². The SMILES string of the molecule is CCC(C)[C@@H]1NC(=O)[C@@H](NC(=O)OCc2ccccc2)[C@H](C(C)C)c2ccc3c(c[nH]c3c2)C[C@@H](C(=O)OC)NC(=O)[C@H](C(C)C)NC1=O. The second-order valence-electron chi connectivity index (χ2n) is 13.5. The van der Waals surface area contributed by atoms with Gasteiger partial charge < -0.3 is 35.7 Å². The second-order valence-corrected chi connectivity index (χ2v) is 13.5. The van der Waals surface area contributed by atoms with Gasteiger partial charge in [0, 0.05) is 29.4 Å². The lowest BCUT2D eigenvalue weighted by Gasteiger charge is -2.33. The first kappa shape index (κ1) is 37.0. The number of hydrogen-bond donors (Lipinski definition) is 5. The summed E-state index contributed by atoms with van der Waals surface area (Å²) in [6.45, 7) is 11.2. The summed E-state index contributed by atoms with van der Waals surface area (Å²) in [7, 11) is 1.26. The van der Waals surface area contributed by atoms with Crippen LogP contribution in [0.5, 0.6) is 0 Å². The Morgan fingerprint density at radius 2 is 1.55 bits per heavy atom. The third kappa shape index (κ3) is 8.98. The van der Waals surface area contributed by atoms with E-state index in [0.29, 0.717) is 6.42 Å². The van der Waals surface area contributed by atoms with Crippen molar-refractivity contribution in [2.24, 2.45) is 17.8 Å². The molecule has 1 unspecified atom stereocenters. The van der Waals surface area contributed by atoms with Gasteiger partial charge in [-0.2, -0.15) is 0 Å². The van der Waals surface area contributed by atoms with E-state index >= 15 is 0 Å². The van der Waals surface area contributed by atoms with Gasteiger partial charge in [-0.3, -0.25) is 14.4 Å². The van der Waals surface area contributed by atoms with Crippen molar-refractivity contribution in [3.05, 3.63) is 71.4 Å². The van der Waals surface area contributed by atoms with Crippen LogP contribution in [0.15, 0.2) is 54.7 Å². The molecule has 3 aromatic rings. The number of nitrogens with one attached hydrogen (secondary N) is 5. The van der Waals surface area contributed by atoms with Crippen molar-refractivity contribution in [2.75, 3.05) is 7.11 Å². The first-order valence-corrected chi connectivity index (χ1v) is 16.9. The first-order chi connectivity index (χ1) is 23.3. The zero-order valence-corrected chi connectivity index (χ0v) is 29.3. The minimum absolute atomic E-state index is 0.00763. The van der Waals surface area contributed by atoms with Crippen molar-refractivity contribution < 1.29 is 33.4 Å². The van der Waals surface area contributed by atoms with Crippen molar-refractivity contribution in [3.63, 3.8) is 0 Å². The maximum Gasteiger partial charge on any atom is 0.408 e. The summed E-state index contributed by atoms with van der Waals surface area (Å²) in [5, 5.41) is 12.2. The lowest BCUT2D eigenvalue weighted by molar-refractivity contribution is -0.145. The average Bonchev–Trinajstić information content (AvgIpc) is 3.48. The van der Waals surface area contributed by atoms with Crippen LogP contribution in [0, 0.1) is 17.8 Å². The third-order valence-corrected chi connectivity index (χ3v) is 9.29. The van der Waals surface area contributed by atoms with Gasteiger partial charge in [0.25, 0.3) is 0 Å². The van der Waals surface area contributed by atoms with Gasteiger partial charge in [-0.25, -0.2) is 9.59 Å². The fourth-order valence-electron chi connectivity index (χ4n) is 6.29. The van der Waals surface area contributed by atoms with Crippen LogP contribution in [-0.4, -0.2) is 66.0 Å². The number of hydrogen-bond acceptors (Lipinski definition) is 7. The molecule has 4 bridgehead atoms. The Morgan fingerprint density at radius 3 is 2.18 bits per heavy atom. The molecule has 1 aromatic heterocycles. The van der Waals surface area contributed by atoms with E-state index in [2.05, 4.69) is 26.3 Å². The van der Waals surface area contributed by atoms with E-state index in [-0.39, 0.29) is 30.8 Å². The molecule has 0 fully saturated rings. The molecule has 0 spiro atoms. The number of benzene rings is 2. The largest absolute Gasteiger partial charge is 0.467 e. The van der Waals surface area contributed by atoms with Crippen LogP contribution in [0.25, 0.3) is 10.9 Å². The second kappa shape index (κ2) is 16.5. The molecule has 5 rings (SSSR count). The van der Waals surface area contributed by atoms with Crippen LogP contribution in [0.1, 0.15) is 70.6 Å². The molecule has 0 radical (unpaired) electrons. The summed E-state index contributed by atoms with van der Waals surface area (Å²) in [5.41, 5.74) is 3.07. The summed E-state index contributed by atoms with van der Waals surface area (Å²) >= 11 is 0. The number of aromatic amines is 1. The number of rotatable bonds is 8. The van der Waals surface area contributed by atoms with Crippen molar-refractivity contribution in [2.45, 2.75) is 91.1 Å². The quantitative estimate of drug-likeness (QED) is 0.177. The Kier molecular flexibility index (Phi) is 12.4. The molecule has 4 amide bonds. The van der Waals surface area contributed by atoms with Crippen molar-refractivity contribution >= 4 is 40.7 Å². The highest BCUT2D eigenvalue weighted by Crippen LogP contribution is 2.32. The molecular weight excluding hydrogens is 626 g/mol. The van der Waals surface area contributed by atoms with Crippen molar-refractivity contribution in [1.29, 1.82) is 0 Å². The summed E-state index contributed by atoms with van der Waals surface area (Å²) in [6.07, 6.45) is 1.67. The van der Waals surface area contributed by atoms with Gasteiger partial charge in [0.15, 0.2) is 0 Å². The first-order valence-electron chi connectivity index (χ1n) is 16.9. The normalized spacial score (nSPS) is 22.7. The van der Waals surface area contributed by atoms with Crippen LogP contribution < -0.4 is 21.3 Å². The number of fused-ring (bicyclic) bond motifs is 12. The lowest BCUT2D eigenvalue weighted by atomic mass is 9.81. The predicted molar refractivity (Wildman–Crippen MR) is 185 cm³/mol. The molecule has 5 N–H and O–H groups in total. The van der Waals surface area contributed by atoms with Gasteiger partial charge in [-0.1, -0.05) is 90.4 Å². The van der Waals surface area contributed by atoms with Gasteiger partial charge >= 0.3 is 12.1 Å². The summed E-state index contributed by atoms with van der Waals surface area (Å²) in [5.74, 6) is -3.67. The summed E-state index contributed by atoms with van der Waals surface area (Å²) in [6, 6.07) is 10.7. The number of amides is 4. The van der Waals surface area contributed by atoms with Crippen LogP contribution in [-0.2, 0) is 41.7 Å². The molecule has 0 aliphatic carbocycles. The number of alkyl carbamates (subject to hydrolysis) is 1. The minimum atomic E-state index is -1.13. The molecule has 264 valence electrons. The predicted octanol–water partition coefficient (Wildman–Crippen LogP) is 4.09. The Morgan fingerprint density at radius 1 is 0.878 bits per heavy atom. The minimum Gasteiger partial charge on any atom is -0.467 e. The Balaban J connectivity index is 1.82. The number of aromatic nitrogens is 1. The zero-order chi connectivity index (χ0) is 35.8. The van der Waals surface area contributed by atoms with Crippen molar-refractivity contribution in [3.8, 4) is 0 Å².